The second kappa shape index (κ2) is 3.51. The van der Waals surface area contributed by atoms with Crippen molar-refractivity contribution in [3.8, 4) is 10.6 Å². The van der Waals surface area contributed by atoms with E-state index in [1.165, 1.54) is 17.4 Å². The van der Waals surface area contributed by atoms with Crippen LogP contribution in [0.15, 0.2) is 17.1 Å². The molecule has 14 heavy (non-hydrogen) atoms. The van der Waals surface area contributed by atoms with Crippen LogP contribution in [0.25, 0.3) is 10.6 Å². The highest BCUT2D eigenvalue weighted by atomic mass is 35.5. The number of nitrogens with zero attached hydrogens (tertiary/aromatic N) is 2. The highest BCUT2D eigenvalue weighted by Gasteiger charge is 2.08. The third-order valence-corrected chi connectivity index (χ3v) is 2.74. The van der Waals surface area contributed by atoms with Crippen molar-refractivity contribution in [1.29, 1.82) is 0 Å². The van der Waals surface area contributed by atoms with E-state index >= 15 is 0 Å². The Labute approximate surface area is 88.6 Å². The zero-order valence-corrected chi connectivity index (χ0v) is 8.82. The number of aromatic amines is 1. The van der Waals surface area contributed by atoms with E-state index in [1.54, 1.807) is 6.20 Å². The van der Waals surface area contributed by atoms with Gasteiger partial charge >= 0.3 is 0 Å². The summed E-state index contributed by atoms with van der Waals surface area (Å²) in [5.74, 6) is 0. The average Bonchev–Trinajstić information content (AvgIpc) is 2.51. The lowest BCUT2D eigenvalue weighted by Crippen LogP contribution is -2.04. The summed E-state index contributed by atoms with van der Waals surface area (Å²) >= 11 is 6.81. The standard InChI is InChI=1S/C8H6ClN3OS/c1-4-2-6(13)5(3-10-4)7-11-12-8(9)14-7/h2-3H,1H3,(H,10,13). The van der Waals surface area contributed by atoms with E-state index in [-0.39, 0.29) is 5.43 Å². The maximum absolute atomic E-state index is 11.5. The van der Waals surface area contributed by atoms with Gasteiger partial charge in [-0.1, -0.05) is 11.3 Å². The molecule has 0 radical (unpaired) electrons. The first-order valence-electron chi connectivity index (χ1n) is 3.85. The minimum atomic E-state index is -0.0749. The van der Waals surface area contributed by atoms with Crippen molar-refractivity contribution in [2.45, 2.75) is 6.92 Å². The lowest BCUT2D eigenvalue weighted by Gasteiger charge is -1.95. The molecule has 0 fully saturated rings. The van der Waals surface area contributed by atoms with Crippen LogP contribution in [0.5, 0.6) is 0 Å². The normalized spacial score (nSPS) is 10.4. The smallest absolute Gasteiger partial charge is 0.207 e. The molecule has 0 aliphatic heterocycles. The van der Waals surface area contributed by atoms with Crippen molar-refractivity contribution in [3.63, 3.8) is 0 Å². The Hall–Kier alpha value is -1.20. The molecule has 2 aromatic rings. The molecule has 72 valence electrons. The van der Waals surface area contributed by atoms with Gasteiger partial charge in [-0.25, -0.2) is 0 Å². The van der Waals surface area contributed by atoms with Gasteiger partial charge < -0.3 is 4.98 Å². The molecule has 6 heteroatoms. The summed E-state index contributed by atoms with van der Waals surface area (Å²) in [4.78, 5) is 14.5. The highest BCUT2D eigenvalue weighted by molar-refractivity contribution is 7.18. The second-order valence-corrected chi connectivity index (χ2v) is 4.31. The van der Waals surface area contributed by atoms with Gasteiger partial charge in [0.05, 0.1) is 5.56 Å². The lowest BCUT2D eigenvalue weighted by molar-refractivity contribution is 1.09. The second-order valence-electron chi connectivity index (χ2n) is 2.75. The van der Waals surface area contributed by atoms with E-state index in [1.807, 2.05) is 6.92 Å². The van der Waals surface area contributed by atoms with Gasteiger partial charge in [-0.3, -0.25) is 4.79 Å². The molecule has 0 amide bonds. The number of rotatable bonds is 1. The van der Waals surface area contributed by atoms with E-state index in [0.29, 0.717) is 15.0 Å². The van der Waals surface area contributed by atoms with Crippen LogP contribution in [0.3, 0.4) is 0 Å². The summed E-state index contributed by atoms with van der Waals surface area (Å²) in [5, 5.41) is 7.97. The van der Waals surface area contributed by atoms with Crippen molar-refractivity contribution in [2.75, 3.05) is 0 Å². The zero-order valence-electron chi connectivity index (χ0n) is 7.24. The maximum atomic E-state index is 11.5. The molecule has 0 unspecified atom stereocenters. The Morgan fingerprint density at radius 2 is 2.29 bits per heavy atom. The fraction of sp³-hybridized carbons (Fsp3) is 0.125. The van der Waals surface area contributed by atoms with Crippen molar-refractivity contribution in [3.05, 3.63) is 32.6 Å². The molecular weight excluding hydrogens is 222 g/mol. The predicted molar refractivity (Wildman–Crippen MR) is 55.7 cm³/mol. The highest BCUT2D eigenvalue weighted by Crippen LogP contribution is 2.22. The van der Waals surface area contributed by atoms with Crippen LogP contribution in [0.2, 0.25) is 4.47 Å². The van der Waals surface area contributed by atoms with Crippen molar-refractivity contribution in [1.82, 2.24) is 15.2 Å². The summed E-state index contributed by atoms with van der Waals surface area (Å²) < 4.78 is 0.333. The number of pyridine rings is 1. The van der Waals surface area contributed by atoms with E-state index < -0.39 is 0 Å². The number of halogens is 1. The maximum Gasteiger partial charge on any atom is 0.207 e. The number of aromatic nitrogens is 3. The molecule has 2 rings (SSSR count). The number of aryl methyl sites for hydroxylation is 1. The monoisotopic (exact) mass is 227 g/mol. The van der Waals surface area contributed by atoms with E-state index in [2.05, 4.69) is 15.2 Å². The van der Waals surface area contributed by atoms with Crippen molar-refractivity contribution >= 4 is 22.9 Å². The van der Waals surface area contributed by atoms with Crippen molar-refractivity contribution < 1.29 is 0 Å². The van der Waals surface area contributed by atoms with E-state index in [9.17, 15) is 4.79 Å². The zero-order chi connectivity index (χ0) is 10.1. The van der Waals surface area contributed by atoms with Crippen LogP contribution in [-0.4, -0.2) is 15.2 Å². The van der Waals surface area contributed by atoms with Gasteiger partial charge in [-0.05, 0) is 18.5 Å². The average molecular weight is 228 g/mol. The van der Waals surface area contributed by atoms with Crippen LogP contribution >= 0.6 is 22.9 Å². The molecule has 0 bridgehead atoms. The van der Waals surface area contributed by atoms with Crippen LogP contribution < -0.4 is 5.43 Å². The van der Waals surface area contributed by atoms with E-state index in [0.717, 1.165) is 5.69 Å². The Kier molecular flexibility index (Phi) is 2.35. The SMILES string of the molecule is Cc1cc(=O)c(-c2nnc(Cl)s2)c[nH]1. The molecule has 0 aliphatic carbocycles. The quantitative estimate of drug-likeness (QED) is 0.809. The molecule has 4 nitrogen and oxygen atoms in total. The van der Waals surface area contributed by atoms with Crippen molar-refractivity contribution in [2.24, 2.45) is 0 Å². The third-order valence-electron chi connectivity index (χ3n) is 1.69. The molecule has 0 spiro atoms. The first-order chi connectivity index (χ1) is 6.66. The summed E-state index contributed by atoms with van der Waals surface area (Å²) in [6.07, 6.45) is 1.62. The number of nitrogens with one attached hydrogen (secondary N) is 1. The first kappa shape index (κ1) is 9.36. The number of hydrogen-bond acceptors (Lipinski definition) is 4. The minimum absolute atomic E-state index is 0.0749. The van der Waals surface area contributed by atoms with Crippen LogP contribution in [0, 0.1) is 6.92 Å². The molecule has 1 N–H and O–H groups in total. The molecule has 2 heterocycles. The molecular formula is C8H6ClN3OS. The van der Waals surface area contributed by atoms with Gasteiger partial charge in [0, 0.05) is 18.0 Å². The van der Waals surface area contributed by atoms with Gasteiger partial charge in [0.25, 0.3) is 0 Å². The molecule has 0 atom stereocenters. The fourth-order valence-corrected chi connectivity index (χ4v) is 1.90. The lowest BCUT2D eigenvalue weighted by atomic mass is 10.2. The number of H-pyrrole nitrogens is 1. The van der Waals surface area contributed by atoms with Crippen LogP contribution in [-0.2, 0) is 0 Å². The van der Waals surface area contributed by atoms with Crippen LogP contribution in [0.1, 0.15) is 5.69 Å². The molecule has 0 saturated carbocycles. The summed E-state index contributed by atoms with van der Waals surface area (Å²) in [6.45, 7) is 1.82. The summed E-state index contributed by atoms with van der Waals surface area (Å²) in [5.41, 5.74) is 1.24. The third kappa shape index (κ3) is 1.69. The molecule has 0 aliphatic rings. The molecule has 0 saturated heterocycles. The minimum Gasteiger partial charge on any atom is -0.364 e. The molecule has 0 aromatic carbocycles. The Morgan fingerprint density at radius 3 is 2.86 bits per heavy atom. The van der Waals surface area contributed by atoms with Gasteiger partial charge in [-0.2, -0.15) is 0 Å². The Morgan fingerprint density at radius 1 is 1.50 bits per heavy atom. The molecule has 2 aromatic heterocycles. The topological polar surface area (TPSA) is 58.6 Å². The van der Waals surface area contributed by atoms with Gasteiger partial charge in [0.1, 0.15) is 0 Å². The first-order valence-corrected chi connectivity index (χ1v) is 5.05. The predicted octanol–water partition coefficient (Wildman–Crippen LogP) is 1.86. The summed E-state index contributed by atoms with van der Waals surface area (Å²) in [7, 11) is 0. The number of hydrogen-bond donors (Lipinski definition) is 1. The Bertz CT molecular complexity index is 519. The van der Waals surface area contributed by atoms with Crippen LogP contribution in [0.4, 0.5) is 0 Å². The van der Waals surface area contributed by atoms with Gasteiger partial charge in [0.15, 0.2) is 10.4 Å². The largest absolute Gasteiger partial charge is 0.364 e. The fourth-order valence-electron chi connectivity index (χ4n) is 1.05. The summed E-state index contributed by atoms with van der Waals surface area (Å²) in [6, 6.07) is 1.52. The Balaban J connectivity index is 2.57. The van der Waals surface area contributed by atoms with Gasteiger partial charge in [0.2, 0.25) is 4.47 Å². The van der Waals surface area contributed by atoms with Gasteiger partial charge in [-0.15, -0.1) is 10.2 Å². The van der Waals surface area contributed by atoms with E-state index in [4.69, 9.17) is 11.6 Å².